The van der Waals surface area contributed by atoms with Crippen molar-refractivity contribution in [3.8, 4) is 33.4 Å². The van der Waals surface area contributed by atoms with Crippen LogP contribution in [0.25, 0.3) is 55.3 Å². The van der Waals surface area contributed by atoms with Crippen molar-refractivity contribution < 1.29 is 4.42 Å². The summed E-state index contributed by atoms with van der Waals surface area (Å²) in [6.07, 6.45) is 0. The van der Waals surface area contributed by atoms with E-state index < -0.39 is 0 Å². The molecule has 2 heteroatoms. The van der Waals surface area contributed by atoms with E-state index in [0.717, 1.165) is 33.1 Å². The van der Waals surface area contributed by atoms with Crippen molar-refractivity contribution in [2.24, 2.45) is 0 Å². The second-order valence-electron chi connectivity index (χ2n) is 7.95. The molecule has 32 heavy (non-hydrogen) atoms. The van der Waals surface area contributed by atoms with Gasteiger partial charge in [0, 0.05) is 21.9 Å². The highest BCUT2D eigenvalue weighted by molar-refractivity contribution is 6.31. The van der Waals surface area contributed by atoms with Gasteiger partial charge in [-0.25, -0.2) is 0 Å². The Kier molecular flexibility index (Phi) is 4.56. The molecule has 0 aliphatic rings. The molecule has 0 N–H and O–H groups in total. The maximum atomic E-state index is 6.22. The predicted molar refractivity (Wildman–Crippen MR) is 135 cm³/mol. The first-order chi connectivity index (χ1) is 15.8. The summed E-state index contributed by atoms with van der Waals surface area (Å²) in [4.78, 5) is 0. The number of benzene rings is 5. The van der Waals surface area contributed by atoms with Crippen molar-refractivity contribution in [2.45, 2.75) is 0 Å². The fourth-order valence-corrected chi connectivity index (χ4v) is 4.58. The van der Waals surface area contributed by atoms with E-state index in [-0.39, 0.29) is 0 Å². The summed E-state index contributed by atoms with van der Waals surface area (Å²) in [5.74, 6) is 0. The van der Waals surface area contributed by atoms with Gasteiger partial charge in [0.1, 0.15) is 11.2 Å². The summed E-state index contributed by atoms with van der Waals surface area (Å²) in [6.45, 7) is 0. The van der Waals surface area contributed by atoms with Crippen LogP contribution in [-0.4, -0.2) is 0 Å². The summed E-state index contributed by atoms with van der Waals surface area (Å²) in [5.41, 5.74) is 8.76. The number of halogens is 1. The Bertz CT molecular complexity index is 1510. The first-order valence-corrected chi connectivity index (χ1v) is 11.0. The van der Waals surface area contributed by atoms with E-state index in [2.05, 4.69) is 91.0 Å². The summed E-state index contributed by atoms with van der Waals surface area (Å²) in [5, 5.41) is 2.87. The first kappa shape index (κ1) is 18.9. The molecule has 0 spiro atoms. The van der Waals surface area contributed by atoms with Crippen LogP contribution >= 0.6 is 11.6 Å². The minimum atomic E-state index is 0.676. The van der Waals surface area contributed by atoms with Gasteiger partial charge in [0.25, 0.3) is 0 Å². The Morgan fingerprint density at radius 2 is 1.09 bits per heavy atom. The molecule has 1 aromatic heterocycles. The molecule has 1 heterocycles. The topological polar surface area (TPSA) is 13.1 Å². The molecule has 1 nitrogen and oxygen atoms in total. The predicted octanol–water partition coefficient (Wildman–Crippen LogP) is 9.24. The summed E-state index contributed by atoms with van der Waals surface area (Å²) >= 11 is 6.22. The van der Waals surface area contributed by atoms with Gasteiger partial charge in [0.05, 0.1) is 0 Å². The first-order valence-electron chi connectivity index (χ1n) is 10.6. The molecule has 0 fully saturated rings. The van der Waals surface area contributed by atoms with Gasteiger partial charge in [0.2, 0.25) is 0 Å². The molecule has 0 saturated heterocycles. The van der Waals surface area contributed by atoms with Crippen LogP contribution in [0.2, 0.25) is 5.02 Å². The third-order valence-electron chi connectivity index (χ3n) is 5.92. The van der Waals surface area contributed by atoms with Crippen molar-refractivity contribution >= 4 is 33.5 Å². The van der Waals surface area contributed by atoms with Crippen molar-refractivity contribution in [2.75, 3.05) is 0 Å². The van der Waals surface area contributed by atoms with Crippen LogP contribution in [0.1, 0.15) is 0 Å². The number of hydrogen-bond donors (Lipinski definition) is 0. The zero-order chi connectivity index (χ0) is 21.5. The molecule has 0 bridgehead atoms. The monoisotopic (exact) mass is 430 g/mol. The molecular weight excluding hydrogens is 412 g/mol. The van der Waals surface area contributed by atoms with Crippen molar-refractivity contribution in [3.63, 3.8) is 0 Å². The smallest absolute Gasteiger partial charge is 0.136 e. The molecule has 0 aliphatic heterocycles. The zero-order valence-electron chi connectivity index (χ0n) is 17.3. The van der Waals surface area contributed by atoms with E-state index >= 15 is 0 Å². The van der Waals surface area contributed by atoms with E-state index in [1.165, 1.54) is 22.3 Å². The van der Waals surface area contributed by atoms with Gasteiger partial charge in [-0.15, -0.1) is 0 Å². The third kappa shape index (κ3) is 3.28. The average Bonchev–Trinajstić information content (AvgIpc) is 3.22. The molecule has 0 amide bonds. The lowest BCUT2D eigenvalue weighted by Gasteiger charge is -2.12. The van der Waals surface area contributed by atoms with Crippen LogP contribution in [0.3, 0.4) is 0 Å². The Labute approximate surface area is 191 Å². The largest absolute Gasteiger partial charge is 0.456 e. The minimum absolute atomic E-state index is 0.676. The highest BCUT2D eigenvalue weighted by Crippen LogP contribution is 2.40. The average molecular weight is 431 g/mol. The van der Waals surface area contributed by atoms with Gasteiger partial charge >= 0.3 is 0 Å². The molecule has 0 aliphatic carbocycles. The lowest BCUT2D eigenvalue weighted by Crippen LogP contribution is -1.86. The molecular formula is C30H19ClO. The Hall–Kier alpha value is -3.81. The zero-order valence-corrected chi connectivity index (χ0v) is 18.0. The normalized spacial score (nSPS) is 11.3. The SMILES string of the molecule is Clc1ccc2c(c1)oc1cccc(-c3cc(-c4ccccc4)cc(-c4ccccc4)c3)c12. The van der Waals surface area contributed by atoms with Crippen molar-refractivity contribution in [1.82, 2.24) is 0 Å². The number of hydrogen-bond acceptors (Lipinski definition) is 1. The van der Waals surface area contributed by atoms with Crippen LogP contribution in [0.15, 0.2) is 120 Å². The molecule has 0 atom stereocenters. The number of fused-ring (bicyclic) bond motifs is 3. The molecule has 0 unspecified atom stereocenters. The Morgan fingerprint density at radius 3 is 1.75 bits per heavy atom. The maximum absolute atomic E-state index is 6.22. The van der Waals surface area contributed by atoms with Crippen LogP contribution in [0, 0.1) is 0 Å². The van der Waals surface area contributed by atoms with Crippen LogP contribution in [0.4, 0.5) is 0 Å². The second-order valence-corrected chi connectivity index (χ2v) is 8.39. The molecule has 5 aromatic carbocycles. The fourth-order valence-electron chi connectivity index (χ4n) is 4.42. The van der Waals surface area contributed by atoms with E-state index in [4.69, 9.17) is 16.0 Å². The van der Waals surface area contributed by atoms with Gasteiger partial charge in [-0.05, 0) is 69.8 Å². The quantitative estimate of drug-likeness (QED) is 0.272. The van der Waals surface area contributed by atoms with Crippen molar-refractivity contribution in [3.05, 3.63) is 120 Å². The van der Waals surface area contributed by atoms with Crippen LogP contribution in [-0.2, 0) is 0 Å². The van der Waals surface area contributed by atoms with E-state index in [9.17, 15) is 0 Å². The van der Waals surface area contributed by atoms with Gasteiger partial charge in [0.15, 0.2) is 0 Å². The molecule has 6 rings (SSSR count). The second kappa shape index (κ2) is 7.71. The number of rotatable bonds is 3. The van der Waals surface area contributed by atoms with Gasteiger partial charge in [-0.1, -0.05) is 84.4 Å². The van der Waals surface area contributed by atoms with Crippen molar-refractivity contribution in [1.29, 1.82) is 0 Å². The molecule has 152 valence electrons. The van der Waals surface area contributed by atoms with E-state index in [1.54, 1.807) is 0 Å². The molecule has 6 aromatic rings. The third-order valence-corrected chi connectivity index (χ3v) is 6.15. The van der Waals surface area contributed by atoms with Crippen LogP contribution in [0.5, 0.6) is 0 Å². The fraction of sp³-hybridized carbons (Fsp3) is 0. The minimum Gasteiger partial charge on any atom is -0.456 e. The van der Waals surface area contributed by atoms with Gasteiger partial charge < -0.3 is 4.42 Å². The highest BCUT2D eigenvalue weighted by atomic mass is 35.5. The molecule has 0 saturated carbocycles. The summed E-state index contributed by atoms with van der Waals surface area (Å²) < 4.78 is 6.14. The number of furan rings is 1. The van der Waals surface area contributed by atoms with Gasteiger partial charge in [-0.3, -0.25) is 0 Å². The highest BCUT2D eigenvalue weighted by Gasteiger charge is 2.14. The van der Waals surface area contributed by atoms with Crippen LogP contribution < -0.4 is 0 Å². The lowest BCUT2D eigenvalue weighted by atomic mass is 9.91. The summed E-state index contributed by atoms with van der Waals surface area (Å²) in [6, 6.07) is 40.0. The maximum Gasteiger partial charge on any atom is 0.136 e. The standard InChI is InChI=1S/C30H19ClO/c31-25-14-15-27-29(19-25)32-28-13-7-12-26(30(27)28)24-17-22(20-8-3-1-4-9-20)16-23(18-24)21-10-5-2-6-11-21/h1-19H. The molecule has 0 radical (unpaired) electrons. The lowest BCUT2D eigenvalue weighted by molar-refractivity contribution is 0.669. The van der Waals surface area contributed by atoms with E-state index in [1.807, 2.05) is 24.3 Å². The van der Waals surface area contributed by atoms with E-state index in [0.29, 0.717) is 5.02 Å². The Balaban J connectivity index is 1.65. The van der Waals surface area contributed by atoms with Gasteiger partial charge in [-0.2, -0.15) is 0 Å². The summed E-state index contributed by atoms with van der Waals surface area (Å²) in [7, 11) is 0. The Morgan fingerprint density at radius 1 is 0.469 bits per heavy atom.